The first kappa shape index (κ1) is 17.1. The molecular formula is C22H20N2O3. The number of para-hydroxylation sites is 2. The van der Waals surface area contributed by atoms with Crippen LogP contribution >= 0.6 is 0 Å². The smallest absolute Gasteiger partial charge is 0.294 e. The number of nitrogens with zero attached hydrogens (tertiary/aromatic N) is 1. The summed E-state index contributed by atoms with van der Waals surface area (Å²) in [4.78, 5) is 30.6. The molecule has 2 N–H and O–H groups in total. The van der Waals surface area contributed by atoms with Crippen LogP contribution in [-0.4, -0.2) is 21.8 Å². The Hall–Kier alpha value is -3.34. The van der Waals surface area contributed by atoms with E-state index in [9.17, 15) is 14.7 Å². The van der Waals surface area contributed by atoms with Gasteiger partial charge < -0.3 is 10.1 Å². The van der Waals surface area contributed by atoms with Gasteiger partial charge in [0.05, 0.1) is 11.6 Å². The van der Waals surface area contributed by atoms with Crippen molar-refractivity contribution in [2.45, 2.75) is 19.9 Å². The van der Waals surface area contributed by atoms with Crippen LogP contribution in [0.15, 0.2) is 72.1 Å². The summed E-state index contributed by atoms with van der Waals surface area (Å²) in [6, 6.07) is 16.2. The lowest BCUT2D eigenvalue weighted by molar-refractivity contribution is -0.119. The first-order valence-electron chi connectivity index (χ1n) is 8.92. The van der Waals surface area contributed by atoms with Gasteiger partial charge in [0.15, 0.2) is 11.5 Å². The molecule has 1 aromatic heterocycles. The Morgan fingerprint density at radius 2 is 1.74 bits per heavy atom. The van der Waals surface area contributed by atoms with Crippen molar-refractivity contribution in [1.29, 1.82) is 0 Å². The fourth-order valence-electron chi connectivity index (χ4n) is 3.64. The second kappa shape index (κ2) is 6.43. The largest absolute Gasteiger partial charge is 0.503 e. The van der Waals surface area contributed by atoms with Crippen LogP contribution in [0.1, 0.15) is 25.5 Å². The monoisotopic (exact) mass is 360 g/mol. The van der Waals surface area contributed by atoms with Crippen molar-refractivity contribution in [3.8, 4) is 0 Å². The molecule has 0 spiro atoms. The summed E-state index contributed by atoms with van der Waals surface area (Å²) in [5.74, 6) is -1.58. The number of nitrogens with one attached hydrogen (secondary N) is 1. The number of fused-ring (bicyclic) bond motifs is 1. The van der Waals surface area contributed by atoms with Crippen LogP contribution in [0.2, 0.25) is 0 Å². The van der Waals surface area contributed by atoms with E-state index in [2.05, 4.69) is 4.98 Å². The third kappa shape index (κ3) is 2.63. The molecule has 1 atom stereocenters. The predicted molar refractivity (Wildman–Crippen MR) is 104 cm³/mol. The molecule has 0 saturated carbocycles. The van der Waals surface area contributed by atoms with Crippen molar-refractivity contribution in [3.05, 3.63) is 77.7 Å². The van der Waals surface area contributed by atoms with Gasteiger partial charge in [-0.3, -0.25) is 14.5 Å². The molecule has 0 bridgehead atoms. The van der Waals surface area contributed by atoms with Gasteiger partial charge in [0.2, 0.25) is 0 Å². The summed E-state index contributed by atoms with van der Waals surface area (Å²) in [5, 5.41) is 11.5. The normalized spacial score (nSPS) is 17.4. The highest BCUT2D eigenvalue weighted by Gasteiger charge is 2.45. The van der Waals surface area contributed by atoms with Gasteiger partial charge in [-0.1, -0.05) is 50.2 Å². The second-order valence-electron chi connectivity index (χ2n) is 6.98. The zero-order chi connectivity index (χ0) is 19.1. The van der Waals surface area contributed by atoms with Crippen LogP contribution < -0.4 is 4.90 Å². The third-order valence-corrected chi connectivity index (χ3v) is 4.95. The SMILES string of the molecule is CC(C)C(=O)C1=C(O)C(=O)N(c2ccccc2)C1c1c[nH]c2ccccc12. The molecule has 2 heterocycles. The van der Waals surface area contributed by atoms with Crippen molar-refractivity contribution in [2.24, 2.45) is 5.92 Å². The molecule has 1 aliphatic rings. The Kier molecular flexibility index (Phi) is 4.07. The van der Waals surface area contributed by atoms with E-state index >= 15 is 0 Å². The van der Waals surface area contributed by atoms with Crippen molar-refractivity contribution < 1.29 is 14.7 Å². The zero-order valence-electron chi connectivity index (χ0n) is 15.1. The lowest BCUT2D eigenvalue weighted by atomic mass is 9.91. The van der Waals surface area contributed by atoms with Crippen LogP contribution in [0.5, 0.6) is 0 Å². The molecule has 27 heavy (non-hydrogen) atoms. The minimum absolute atomic E-state index is 0.156. The van der Waals surface area contributed by atoms with Crippen LogP contribution in [0.4, 0.5) is 5.69 Å². The highest BCUT2D eigenvalue weighted by atomic mass is 16.3. The summed E-state index contributed by atoms with van der Waals surface area (Å²) in [6.07, 6.45) is 1.81. The lowest BCUT2D eigenvalue weighted by Gasteiger charge is -2.27. The number of amides is 1. The summed E-state index contributed by atoms with van der Waals surface area (Å²) < 4.78 is 0. The number of carbonyl (C=O) groups excluding carboxylic acids is 2. The first-order chi connectivity index (χ1) is 13.0. The van der Waals surface area contributed by atoms with Gasteiger partial charge in [-0.2, -0.15) is 0 Å². The van der Waals surface area contributed by atoms with Crippen LogP contribution in [-0.2, 0) is 9.59 Å². The number of aromatic nitrogens is 1. The molecule has 5 heteroatoms. The number of ketones is 1. The molecule has 0 aliphatic carbocycles. The Morgan fingerprint density at radius 3 is 2.44 bits per heavy atom. The minimum Gasteiger partial charge on any atom is -0.503 e. The number of H-pyrrole nitrogens is 1. The van der Waals surface area contributed by atoms with Crippen molar-refractivity contribution >= 4 is 28.3 Å². The van der Waals surface area contributed by atoms with Crippen LogP contribution in [0.3, 0.4) is 0 Å². The summed E-state index contributed by atoms with van der Waals surface area (Å²) >= 11 is 0. The van der Waals surface area contributed by atoms with Gasteiger partial charge in [0.1, 0.15) is 0 Å². The first-order valence-corrected chi connectivity index (χ1v) is 8.92. The minimum atomic E-state index is -0.675. The zero-order valence-corrected chi connectivity index (χ0v) is 15.1. The summed E-state index contributed by atoms with van der Waals surface area (Å²) in [7, 11) is 0. The second-order valence-corrected chi connectivity index (χ2v) is 6.98. The predicted octanol–water partition coefficient (Wildman–Crippen LogP) is 4.29. The van der Waals surface area contributed by atoms with Crippen LogP contribution in [0.25, 0.3) is 10.9 Å². The van der Waals surface area contributed by atoms with Crippen molar-refractivity contribution in [1.82, 2.24) is 4.98 Å². The molecule has 1 amide bonds. The van der Waals surface area contributed by atoms with Gasteiger partial charge in [0.25, 0.3) is 5.91 Å². The van der Waals surface area contributed by atoms with E-state index in [1.807, 2.05) is 48.7 Å². The maximum Gasteiger partial charge on any atom is 0.294 e. The molecule has 4 rings (SSSR count). The number of carbonyl (C=O) groups is 2. The van der Waals surface area contributed by atoms with Crippen molar-refractivity contribution in [3.63, 3.8) is 0 Å². The number of Topliss-reactive ketones (excluding diaryl/α,β-unsaturated/α-hetero) is 1. The molecule has 0 fully saturated rings. The fraction of sp³-hybridized carbons (Fsp3) is 0.182. The number of aliphatic hydroxyl groups excluding tert-OH is 1. The number of hydrogen-bond donors (Lipinski definition) is 2. The molecule has 136 valence electrons. The van der Waals surface area contributed by atoms with Gasteiger partial charge in [-0.05, 0) is 18.2 Å². The molecule has 5 nitrogen and oxygen atoms in total. The highest BCUT2D eigenvalue weighted by Crippen LogP contribution is 2.43. The Labute approximate surface area is 156 Å². The highest BCUT2D eigenvalue weighted by molar-refractivity contribution is 6.17. The molecular weight excluding hydrogens is 340 g/mol. The molecule has 1 unspecified atom stereocenters. The molecule has 1 aliphatic heterocycles. The number of aliphatic hydroxyl groups is 1. The Balaban J connectivity index is 1.96. The molecule has 0 saturated heterocycles. The lowest BCUT2D eigenvalue weighted by Crippen LogP contribution is -2.31. The van der Waals surface area contributed by atoms with E-state index < -0.39 is 17.7 Å². The van der Waals surface area contributed by atoms with E-state index in [0.717, 1.165) is 16.5 Å². The standard InChI is InChI=1S/C22H20N2O3/c1-13(2)20(25)18-19(16-12-23-17-11-7-6-10-15(16)17)24(22(27)21(18)26)14-8-4-3-5-9-14/h3-13,19,23,26H,1-2H3. The summed E-state index contributed by atoms with van der Waals surface area (Å²) in [5.41, 5.74) is 2.49. The van der Waals surface area contributed by atoms with Gasteiger partial charge in [-0.25, -0.2) is 0 Å². The fourth-order valence-corrected chi connectivity index (χ4v) is 3.64. The Morgan fingerprint density at radius 1 is 1.07 bits per heavy atom. The average molecular weight is 360 g/mol. The number of hydrogen-bond acceptors (Lipinski definition) is 3. The van der Waals surface area contributed by atoms with E-state index in [1.165, 1.54) is 4.90 Å². The van der Waals surface area contributed by atoms with Crippen molar-refractivity contribution in [2.75, 3.05) is 4.90 Å². The maximum atomic E-state index is 12.9. The number of aromatic amines is 1. The quantitative estimate of drug-likeness (QED) is 0.729. The topological polar surface area (TPSA) is 73.4 Å². The van der Waals surface area contributed by atoms with E-state index in [4.69, 9.17) is 0 Å². The van der Waals surface area contributed by atoms with E-state index in [1.54, 1.807) is 26.0 Å². The summed E-state index contributed by atoms with van der Waals surface area (Å²) in [6.45, 7) is 3.54. The van der Waals surface area contributed by atoms with E-state index in [-0.39, 0.29) is 17.3 Å². The number of benzene rings is 2. The van der Waals surface area contributed by atoms with Gasteiger partial charge in [0, 0.05) is 34.3 Å². The number of rotatable bonds is 4. The average Bonchev–Trinajstić information content (AvgIpc) is 3.21. The Bertz CT molecular complexity index is 1060. The molecule has 0 radical (unpaired) electrons. The maximum absolute atomic E-state index is 12.9. The molecule has 3 aromatic rings. The van der Waals surface area contributed by atoms with Crippen LogP contribution in [0, 0.1) is 5.92 Å². The molecule has 2 aromatic carbocycles. The third-order valence-electron chi connectivity index (χ3n) is 4.95. The van der Waals surface area contributed by atoms with E-state index in [0.29, 0.717) is 5.69 Å². The number of anilines is 1. The van der Waals surface area contributed by atoms with Gasteiger partial charge >= 0.3 is 0 Å². The van der Waals surface area contributed by atoms with Gasteiger partial charge in [-0.15, -0.1) is 0 Å².